The summed E-state index contributed by atoms with van der Waals surface area (Å²) in [6, 6.07) is 15.0. The molecule has 0 atom stereocenters. The minimum atomic E-state index is -0.107. The van der Waals surface area contributed by atoms with E-state index in [1.54, 1.807) is 12.1 Å². The van der Waals surface area contributed by atoms with Gasteiger partial charge < -0.3 is 16.4 Å². The Bertz CT molecular complexity index is 581. The maximum absolute atomic E-state index is 11.7. The molecule has 2 aromatic rings. The average Bonchev–Trinajstić information content (AvgIpc) is 2.52. The monoisotopic (exact) mass is 303 g/mol. The van der Waals surface area contributed by atoms with E-state index in [4.69, 9.17) is 17.3 Å². The van der Waals surface area contributed by atoms with Crippen LogP contribution in [0.15, 0.2) is 48.5 Å². The van der Waals surface area contributed by atoms with Crippen molar-refractivity contribution in [3.05, 3.63) is 64.7 Å². The van der Waals surface area contributed by atoms with E-state index in [-0.39, 0.29) is 5.91 Å². The fourth-order valence-electron chi connectivity index (χ4n) is 1.83. The first kappa shape index (κ1) is 15.4. The van der Waals surface area contributed by atoms with Crippen LogP contribution in [0.5, 0.6) is 0 Å². The minimum absolute atomic E-state index is 0.107. The van der Waals surface area contributed by atoms with Crippen molar-refractivity contribution in [2.75, 3.05) is 18.4 Å². The molecule has 0 saturated carbocycles. The van der Waals surface area contributed by atoms with Gasteiger partial charge in [-0.2, -0.15) is 0 Å². The number of anilines is 1. The highest BCUT2D eigenvalue weighted by Crippen LogP contribution is 2.13. The molecule has 0 spiro atoms. The molecule has 0 aromatic heterocycles. The molecule has 4 N–H and O–H groups in total. The highest BCUT2D eigenvalue weighted by Gasteiger charge is 2.03. The SMILES string of the molecule is NCCNC(=O)c1ccc(NCc2ccc(Cl)cc2)cc1. The van der Waals surface area contributed by atoms with E-state index in [9.17, 15) is 4.79 Å². The van der Waals surface area contributed by atoms with Gasteiger partial charge in [0.05, 0.1) is 0 Å². The molecule has 0 radical (unpaired) electrons. The van der Waals surface area contributed by atoms with Gasteiger partial charge in [0.15, 0.2) is 0 Å². The van der Waals surface area contributed by atoms with Gasteiger partial charge in [-0.05, 0) is 42.0 Å². The maximum atomic E-state index is 11.7. The number of hydrogen-bond acceptors (Lipinski definition) is 3. The summed E-state index contributed by atoms with van der Waals surface area (Å²) >= 11 is 5.85. The lowest BCUT2D eigenvalue weighted by Crippen LogP contribution is -2.28. The summed E-state index contributed by atoms with van der Waals surface area (Å²) in [6.07, 6.45) is 0. The molecule has 0 aliphatic carbocycles. The Hall–Kier alpha value is -2.04. The van der Waals surface area contributed by atoms with E-state index in [0.29, 0.717) is 25.2 Å². The van der Waals surface area contributed by atoms with E-state index in [0.717, 1.165) is 16.3 Å². The van der Waals surface area contributed by atoms with Crippen molar-refractivity contribution in [1.29, 1.82) is 0 Å². The van der Waals surface area contributed by atoms with Crippen molar-refractivity contribution < 1.29 is 4.79 Å². The number of carbonyl (C=O) groups is 1. The Morgan fingerprint density at radius 3 is 2.33 bits per heavy atom. The van der Waals surface area contributed by atoms with Crippen LogP contribution >= 0.6 is 11.6 Å². The highest BCUT2D eigenvalue weighted by molar-refractivity contribution is 6.30. The van der Waals surface area contributed by atoms with Gasteiger partial charge in [0, 0.05) is 35.9 Å². The summed E-state index contributed by atoms with van der Waals surface area (Å²) < 4.78 is 0. The molecule has 0 heterocycles. The lowest BCUT2D eigenvalue weighted by molar-refractivity contribution is 0.0955. The van der Waals surface area contributed by atoms with E-state index < -0.39 is 0 Å². The van der Waals surface area contributed by atoms with Crippen LogP contribution in [0.2, 0.25) is 5.02 Å². The van der Waals surface area contributed by atoms with Crippen LogP contribution in [-0.2, 0) is 6.54 Å². The summed E-state index contributed by atoms with van der Waals surface area (Å²) in [5.41, 5.74) is 8.08. The van der Waals surface area contributed by atoms with Crippen LogP contribution in [0.3, 0.4) is 0 Å². The standard InChI is InChI=1S/C16H18ClN3O/c17-14-5-1-12(2-6-14)11-20-15-7-3-13(4-8-15)16(21)19-10-9-18/h1-8,20H,9-11,18H2,(H,19,21). The van der Waals surface area contributed by atoms with Gasteiger partial charge in [-0.1, -0.05) is 23.7 Å². The minimum Gasteiger partial charge on any atom is -0.381 e. The summed E-state index contributed by atoms with van der Waals surface area (Å²) in [4.78, 5) is 11.7. The topological polar surface area (TPSA) is 67.1 Å². The summed E-state index contributed by atoms with van der Waals surface area (Å²) in [5, 5.41) is 6.76. The largest absolute Gasteiger partial charge is 0.381 e. The van der Waals surface area contributed by atoms with Crippen molar-refractivity contribution >= 4 is 23.2 Å². The third-order valence-corrected chi connectivity index (χ3v) is 3.24. The number of carbonyl (C=O) groups excluding carboxylic acids is 1. The Labute approximate surface area is 129 Å². The second-order valence-corrected chi connectivity index (χ2v) is 5.04. The number of nitrogens with one attached hydrogen (secondary N) is 2. The average molecular weight is 304 g/mol. The van der Waals surface area contributed by atoms with Crippen LogP contribution in [-0.4, -0.2) is 19.0 Å². The van der Waals surface area contributed by atoms with Crippen LogP contribution in [0, 0.1) is 0 Å². The Balaban J connectivity index is 1.90. The molecule has 0 unspecified atom stereocenters. The molecule has 2 rings (SSSR count). The van der Waals surface area contributed by atoms with Gasteiger partial charge in [0.25, 0.3) is 5.91 Å². The first-order chi connectivity index (χ1) is 10.2. The first-order valence-electron chi connectivity index (χ1n) is 6.75. The summed E-state index contributed by atoms with van der Waals surface area (Å²) in [7, 11) is 0. The van der Waals surface area contributed by atoms with Gasteiger partial charge in [-0.3, -0.25) is 4.79 Å². The zero-order valence-electron chi connectivity index (χ0n) is 11.6. The molecule has 0 fully saturated rings. The second-order valence-electron chi connectivity index (χ2n) is 4.60. The van der Waals surface area contributed by atoms with E-state index in [1.165, 1.54) is 0 Å². The Morgan fingerprint density at radius 1 is 1.05 bits per heavy atom. The molecule has 0 aliphatic rings. The van der Waals surface area contributed by atoms with Crippen LogP contribution in [0.25, 0.3) is 0 Å². The van der Waals surface area contributed by atoms with Crippen LogP contribution < -0.4 is 16.4 Å². The fourth-order valence-corrected chi connectivity index (χ4v) is 1.96. The highest BCUT2D eigenvalue weighted by atomic mass is 35.5. The van der Waals surface area contributed by atoms with E-state index in [1.807, 2.05) is 36.4 Å². The number of amides is 1. The zero-order valence-corrected chi connectivity index (χ0v) is 12.4. The van der Waals surface area contributed by atoms with Gasteiger partial charge in [0.2, 0.25) is 0 Å². The lowest BCUT2D eigenvalue weighted by Gasteiger charge is -2.08. The Morgan fingerprint density at radius 2 is 1.71 bits per heavy atom. The molecular formula is C16H18ClN3O. The maximum Gasteiger partial charge on any atom is 0.251 e. The van der Waals surface area contributed by atoms with Gasteiger partial charge in [-0.15, -0.1) is 0 Å². The number of rotatable bonds is 6. The fraction of sp³-hybridized carbons (Fsp3) is 0.188. The quantitative estimate of drug-likeness (QED) is 0.768. The third-order valence-electron chi connectivity index (χ3n) is 2.99. The predicted molar refractivity (Wildman–Crippen MR) is 86.6 cm³/mol. The second kappa shape index (κ2) is 7.67. The molecule has 0 saturated heterocycles. The van der Waals surface area contributed by atoms with Crippen molar-refractivity contribution in [3.8, 4) is 0 Å². The molecule has 110 valence electrons. The summed E-state index contributed by atoms with van der Waals surface area (Å²) in [6.45, 7) is 1.62. The number of halogens is 1. The third kappa shape index (κ3) is 4.77. The van der Waals surface area contributed by atoms with Gasteiger partial charge in [0.1, 0.15) is 0 Å². The molecular weight excluding hydrogens is 286 g/mol. The summed E-state index contributed by atoms with van der Waals surface area (Å²) in [5.74, 6) is -0.107. The number of nitrogens with two attached hydrogens (primary N) is 1. The zero-order chi connectivity index (χ0) is 15.1. The van der Waals surface area contributed by atoms with Crippen molar-refractivity contribution in [3.63, 3.8) is 0 Å². The molecule has 4 nitrogen and oxygen atoms in total. The van der Waals surface area contributed by atoms with Gasteiger partial charge >= 0.3 is 0 Å². The molecule has 21 heavy (non-hydrogen) atoms. The van der Waals surface area contributed by atoms with E-state index in [2.05, 4.69) is 10.6 Å². The van der Waals surface area contributed by atoms with Crippen molar-refractivity contribution in [1.82, 2.24) is 5.32 Å². The van der Waals surface area contributed by atoms with Crippen molar-refractivity contribution in [2.45, 2.75) is 6.54 Å². The first-order valence-corrected chi connectivity index (χ1v) is 7.13. The lowest BCUT2D eigenvalue weighted by atomic mass is 10.2. The van der Waals surface area contributed by atoms with Gasteiger partial charge in [-0.25, -0.2) is 0 Å². The van der Waals surface area contributed by atoms with E-state index >= 15 is 0 Å². The van der Waals surface area contributed by atoms with Crippen LogP contribution in [0.1, 0.15) is 15.9 Å². The molecule has 0 bridgehead atoms. The predicted octanol–water partition coefficient (Wildman–Crippen LogP) is 2.64. The molecule has 1 amide bonds. The molecule has 2 aromatic carbocycles. The Kier molecular flexibility index (Phi) is 5.60. The smallest absolute Gasteiger partial charge is 0.251 e. The molecule has 5 heteroatoms. The number of hydrogen-bond donors (Lipinski definition) is 3. The van der Waals surface area contributed by atoms with Crippen LogP contribution in [0.4, 0.5) is 5.69 Å². The van der Waals surface area contributed by atoms with Crippen molar-refractivity contribution in [2.24, 2.45) is 5.73 Å². The molecule has 0 aliphatic heterocycles. The number of benzene rings is 2. The normalized spacial score (nSPS) is 10.2.